The second-order valence-corrected chi connectivity index (χ2v) is 16.8. The second kappa shape index (κ2) is 16.3. The van der Waals surface area contributed by atoms with E-state index in [0.29, 0.717) is 0 Å². The van der Waals surface area contributed by atoms with Crippen LogP contribution in [0.5, 0.6) is 0 Å². The van der Waals surface area contributed by atoms with Crippen molar-refractivity contribution in [3.05, 3.63) is 108 Å². The van der Waals surface area contributed by atoms with Gasteiger partial charge in [0.15, 0.2) is 0 Å². The maximum absolute atomic E-state index is 11.5. The molecule has 0 spiro atoms. The molecule has 1 atom stereocenters. The van der Waals surface area contributed by atoms with Gasteiger partial charge in [-0.25, -0.2) is 33.7 Å². The van der Waals surface area contributed by atoms with Crippen molar-refractivity contribution in [2.45, 2.75) is 27.4 Å². The molecule has 2 N–H and O–H groups in total. The number of hydrogen-bond donors (Lipinski definition) is 2. The third-order valence-electron chi connectivity index (χ3n) is 5.76. The fourth-order valence-electron chi connectivity index (χ4n) is 3.50. The van der Waals surface area contributed by atoms with Crippen molar-refractivity contribution in [2.75, 3.05) is 6.16 Å². The van der Waals surface area contributed by atoms with Crippen molar-refractivity contribution < 1.29 is 86.4 Å². The highest BCUT2D eigenvalue weighted by atomic mass is 32.3. The fraction of sp³-hybridized carbons (Fsp3) is 0.250. The summed E-state index contributed by atoms with van der Waals surface area (Å²) in [5, 5.41) is 0. The fourth-order valence-corrected chi connectivity index (χ4v) is 8.03. The Morgan fingerprint density at radius 3 is 0.706 bits per heavy atom. The molecule has 0 amide bonds. The van der Waals surface area contributed by atoms with E-state index >= 15 is 0 Å². The highest BCUT2D eigenvalue weighted by molar-refractivity contribution is 8.06. The van der Waals surface area contributed by atoms with Gasteiger partial charge in [0.2, 0.25) is 0 Å². The largest absolute Gasteiger partial charge is 0.512 e. The zero-order chi connectivity index (χ0) is 40.0. The van der Waals surface area contributed by atoms with Crippen molar-refractivity contribution in [2.24, 2.45) is 0 Å². The molecule has 27 heteroatoms. The molecular weight excluding hydrogens is 831 g/mol. The average Bonchev–Trinajstić information content (AvgIpc) is 2.97. The molecule has 0 fully saturated rings. The Morgan fingerprint density at radius 2 is 0.569 bits per heavy atom. The lowest BCUT2D eigenvalue weighted by molar-refractivity contribution is -0.0487. The van der Waals surface area contributed by atoms with Crippen LogP contribution in [0, 0.1) is 0 Å². The summed E-state index contributed by atoms with van der Waals surface area (Å²) in [4.78, 5) is 0. The minimum atomic E-state index is -6.60. The lowest BCUT2D eigenvalue weighted by Gasteiger charge is -2.35. The van der Waals surface area contributed by atoms with Crippen LogP contribution in [0.1, 0.15) is 16.7 Å². The first kappa shape index (κ1) is 46.0. The van der Waals surface area contributed by atoms with Crippen molar-refractivity contribution >= 4 is 49.3 Å². The molecule has 1 unspecified atom stereocenters. The van der Waals surface area contributed by atoms with E-state index in [1.165, 1.54) is 16.7 Å². The molecule has 3 aromatic carbocycles. The van der Waals surface area contributed by atoms with Gasteiger partial charge in [-0.05, 0) is 22.9 Å². The van der Waals surface area contributed by atoms with Gasteiger partial charge in [-0.1, -0.05) is 99.3 Å². The van der Waals surface area contributed by atoms with E-state index in [2.05, 4.69) is 100 Å². The standard InChI is InChI=1S/C20H19P.2C2HF6NO4S2/c21-16-20(17-10-4-1-5-11-17,18-12-6-2-7-13-18)19-14-8-3-9-15-19;2*3-1(4,5)14(10,11)9-15(12,13)2(6,7)8/h1-15H,16,21H2;2*9H. The first-order valence-corrected chi connectivity index (χ1v) is 19.2. The Kier molecular flexibility index (Phi) is 14.7. The highest BCUT2D eigenvalue weighted by Gasteiger charge is 2.56. The quantitative estimate of drug-likeness (QED) is 0.172. The molecule has 3 aromatic rings. The smallest absolute Gasteiger partial charge is 0.202 e. The van der Waals surface area contributed by atoms with E-state index in [9.17, 15) is 86.4 Å². The third-order valence-corrected chi connectivity index (χ3v) is 12.3. The van der Waals surface area contributed by atoms with Gasteiger partial charge in [-0.3, -0.25) is 0 Å². The molecule has 0 aliphatic carbocycles. The van der Waals surface area contributed by atoms with Crippen molar-refractivity contribution in [1.82, 2.24) is 8.25 Å². The van der Waals surface area contributed by atoms with Crippen LogP contribution in [0.15, 0.2) is 91.0 Å². The van der Waals surface area contributed by atoms with Crippen LogP contribution in [-0.2, 0) is 45.5 Å². The monoisotopic (exact) mass is 852 g/mol. The minimum absolute atomic E-state index is 0.117. The van der Waals surface area contributed by atoms with Crippen LogP contribution in [0.4, 0.5) is 52.7 Å². The van der Waals surface area contributed by atoms with Gasteiger partial charge in [-0.15, -0.1) is 9.24 Å². The molecule has 10 nitrogen and oxygen atoms in total. The summed E-state index contributed by atoms with van der Waals surface area (Å²) >= 11 is 0. The number of alkyl halides is 12. The van der Waals surface area contributed by atoms with Crippen LogP contribution >= 0.6 is 9.24 Å². The molecular formula is C24H21F12N2O8PS4. The molecule has 288 valence electrons. The third kappa shape index (κ3) is 11.7. The van der Waals surface area contributed by atoms with Gasteiger partial charge in [-0.2, -0.15) is 52.7 Å². The van der Waals surface area contributed by atoms with Gasteiger partial charge in [0.1, 0.15) is 0 Å². The molecule has 51 heavy (non-hydrogen) atoms. The molecule has 0 saturated carbocycles. The first-order chi connectivity index (χ1) is 22.8. The Labute approximate surface area is 284 Å². The molecule has 0 aliphatic heterocycles. The minimum Gasteiger partial charge on any atom is -0.202 e. The van der Waals surface area contributed by atoms with E-state index < -0.39 is 70.4 Å². The number of benzene rings is 3. The van der Waals surface area contributed by atoms with Gasteiger partial charge < -0.3 is 0 Å². The first-order valence-electron chi connectivity index (χ1n) is 12.5. The Bertz CT molecular complexity index is 1760. The predicted molar refractivity (Wildman–Crippen MR) is 160 cm³/mol. The van der Waals surface area contributed by atoms with Crippen LogP contribution in [-0.4, -0.2) is 61.9 Å². The van der Waals surface area contributed by atoms with Crippen LogP contribution in [0.3, 0.4) is 0 Å². The lowest BCUT2D eigenvalue weighted by Crippen LogP contribution is -2.45. The van der Waals surface area contributed by atoms with Crippen molar-refractivity contribution in [3.8, 4) is 0 Å². The number of sulfonamides is 4. The second-order valence-electron chi connectivity index (χ2n) is 9.17. The van der Waals surface area contributed by atoms with E-state index in [-0.39, 0.29) is 5.41 Å². The summed E-state index contributed by atoms with van der Waals surface area (Å²) < 4.78 is 217. The molecule has 0 bridgehead atoms. The maximum Gasteiger partial charge on any atom is 0.512 e. The number of rotatable bonds is 8. The zero-order valence-electron chi connectivity index (χ0n) is 24.4. The normalized spacial score (nSPS) is 13.7. The van der Waals surface area contributed by atoms with Gasteiger partial charge in [0.25, 0.3) is 0 Å². The van der Waals surface area contributed by atoms with Crippen molar-refractivity contribution in [3.63, 3.8) is 0 Å². The molecule has 3 rings (SSSR count). The molecule has 0 heterocycles. The van der Waals surface area contributed by atoms with Crippen LogP contribution in [0.25, 0.3) is 0 Å². The topological polar surface area (TPSA) is 161 Å². The van der Waals surface area contributed by atoms with Gasteiger partial charge in [0, 0.05) is 5.41 Å². The van der Waals surface area contributed by atoms with E-state index in [0.717, 1.165) is 6.16 Å². The van der Waals surface area contributed by atoms with Crippen LogP contribution in [0.2, 0.25) is 0 Å². The average molecular weight is 853 g/mol. The molecule has 0 saturated heterocycles. The maximum atomic E-state index is 11.5. The van der Waals surface area contributed by atoms with Crippen molar-refractivity contribution in [1.29, 1.82) is 0 Å². The van der Waals surface area contributed by atoms with Gasteiger partial charge >= 0.3 is 62.1 Å². The summed E-state index contributed by atoms with van der Waals surface area (Å²) in [6, 6.07) is 32.3. The van der Waals surface area contributed by atoms with Gasteiger partial charge in [0.05, 0.1) is 0 Å². The summed E-state index contributed by atoms with van der Waals surface area (Å²) in [5.74, 6) is 0. The Morgan fingerprint density at radius 1 is 0.392 bits per heavy atom. The zero-order valence-corrected chi connectivity index (χ0v) is 28.8. The highest BCUT2D eigenvalue weighted by Crippen LogP contribution is 2.40. The molecule has 0 aliphatic rings. The lowest BCUT2D eigenvalue weighted by atomic mass is 9.71. The van der Waals surface area contributed by atoms with Crippen LogP contribution < -0.4 is 8.25 Å². The SMILES string of the molecule is O=S(=O)(NS(=O)(=O)C(F)(F)F)C(F)(F)F.O=S(=O)(NS(=O)(=O)C(F)(F)F)C(F)(F)F.PCC(c1ccccc1)(c1ccccc1)c1ccccc1. The van der Waals surface area contributed by atoms with E-state index in [1.807, 2.05) is 0 Å². The number of nitrogens with one attached hydrogen (secondary N) is 2. The number of hydrogen-bond acceptors (Lipinski definition) is 8. The summed E-state index contributed by atoms with van der Waals surface area (Å²) in [6.07, 6.45) is 0.949. The van der Waals surface area contributed by atoms with E-state index in [1.54, 1.807) is 0 Å². The number of halogens is 12. The predicted octanol–water partition coefficient (Wildman–Crippen LogP) is 5.45. The summed E-state index contributed by atoms with van der Waals surface area (Å²) in [5.41, 5.74) is -20.7. The summed E-state index contributed by atoms with van der Waals surface area (Å²) in [7, 11) is -23.4. The Hall–Kier alpha value is -3.03. The molecule has 0 aromatic heterocycles. The molecule has 0 radical (unpaired) electrons. The Balaban J connectivity index is 0.000000394. The van der Waals surface area contributed by atoms with E-state index in [4.69, 9.17) is 0 Å². The summed E-state index contributed by atoms with van der Waals surface area (Å²) in [6.45, 7) is 0.